The van der Waals surface area contributed by atoms with Gasteiger partial charge in [-0.15, -0.1) is 0 Å². The average Bonchev–Trinajstić information content (AvgIpc) is 2.27. The summed E-state index contributed by atoms with van der Waals surface area (Å²) < 4.78 is 25.9. The van der Waals surface area contributed by atoms with Crippen molar-refractivity contribution in [3.63, 3.8) is 0 Å². The molecular weight excluding hydrogens is 324 g/mol. The van der Waals surface area contributed by atoms with E-state index < -0.39 is 21.8 Å². The Balaban J connectivity index is 2.37. The minimum Gasteiger partial charge on any atom is -0.294 e. The zero-order valence-corrected chi connectivity index (χ0v) is 11.5. The molecule has 1 saturated heterocycles. The van der Waals surface area contributed by atoms with E-state index in [4.69, 9.17) is 0 Å². The van der Waals surface area contributed by atoms with Crippen LogP contribution in [0, 0.1) is 0 Å². The maximum absolute atomic E-state index is 12.2. The SMILES string of the molecule is O=C1CN(S(=O)(=O)c2cccc(Br)c2)CC(=O)N1. The summed E-state index contributed by atoms with van der Waals surface area (Å²) in [4.78, 5) is 22.4. The van der Waals surface area contributed by atoms with Crippen molar-refractivity contribution in [2.75, 3.05) is 13.1 Å². The van der Waals surface area contributed by atoms with Crippen molar-refractivity contribution in [2.24, 2.45) is 0 Å². The molecule has 1 aliphatic heterocycles. The molecule has 1 N–H and O–H groups in total. The van der Waals surface area contributed by atoms with Gasteiger partial charge in [0.2, 0.25) is 21.8 Å². The summed E-state index contributed by atoms with van der Waals surface area (Å²) in [5.74, 6) is -1.24. The number of carbonyl (C=O) groups is 2. The molecule has 0 unspecified atom stereocenters. The van der Waals surface area contributed by atoms with Gasteiger partial charge in [0.25, 0.3) is 0 Å². The summed E-state index contributed by atoms with van der Waals surface area (Å²) >= 11 is 3.17. The highest BCUT2D eigenvalue weighted by Gasteiger charge is 2.32. The molecule has 2 rings (SSSR count). The van der Waals surface area contributed by atoms with Gasteiger partial charge in [0.05, 0.1) is 18.0 Å². The van der Waals surface area contributed by atoms with Crippen molar-refractivity contribution in [1.29, 1.82) is 0 Å². The van der Waals surface area contributed by atoms with Gasteiger partial charge in [0, 0.05) is 4.47 Å². The molecule has 1 aliphatic rings. The minimum absolute atomic E-state index is 0.0411. The Bertz CT molecular complexity index is 598. The number of piperazine rings is 1. The number of benzene rings is 1. The van der Waals surface area contributed by atoms with Crippen LogP contribution in [0.25, 0.3) is 0 Å². The molecule has 1 aromatic rings. The van der Waals surface area contributed by atoms with E-state index in [0.29, 0.717) is 4.47 Å². The van der Waals surface area contributed by atoms with E-state index in [0.717, 1.165) is 4.31 Å². The number of rotatable bonds is 2. The van der Waals surface area contributed by atoms with E-state index in [1.165, 1.54) is 12.1 Å². The standard InChI is InChI=1S/C10H9BrN2O4S/c11-7-2-1-3-8(4-7)18(16,17)13-5-9(14)12-10(15)6-13/h1-4H,5-6H2,(H,12,14,15). The van der Waals surface area contributed by atoms with Gasteiger partial charge in [-0.05, 0) is 18.2 Å². The molecule has 0 saturated carbocycles. The predicted octanol–water partition coefficient (Wildman–Crippen LogP) is 0.0962. The fraction of sp³-hybridized carbons (Fsp3) is 0.200. The first-order valence-corrected chi connectivity index (χ1v) is 7.21. The second kappa shape index (κ2) is 4.79. The lowest BCUT2D eigenvalue weighted by Crippen LogP contribution is -2.53. The highest BCUT2D eigenvalue weighted by Crippen LogP contribution is 2.20. The molecule has 18 heavy (non-hydrogen) atoms. The Morgan fingerprint density at radius 1 is 1.17 bits per heavy atom. The van der Waals surface area contributed by atoms with Crippen molar-refractivity contribution >= 4 is 37.8 Å². The Morgan fingerprint density at radius 2 is 1.78 bits per heavy atom. The van der Waals surface area contributed by atoms with Crippen molar-refractivity contribution in [1.82, 2.24) is 9.62 Å². The maximum Gasteiger partial charge on any atom is 0.244 e. The lowest BCUT2D eigenvalue weighted by Gasteiger charge is -2.24. The van der Waals surface area contributed by atoms with Gasteiger partial charge in [-0.2, -0.15) is 4.31 Å². The van der Waals surface area contributed by atoms with Gasteiger partial charge in [-0.25, -0.2) is 8.42 Å². The van der Waals surface area contributed by atoms with Crippen molar-refractivity contribution in [3.05, 3.63) is 28.7 Å². The molecule has 96 valence electrons. The average molecular weight is 333 g/mol. The third-order valence-electron chi connectivity index (χ3n) is 2.35. The first-order chi connectivity index (χ1) is 8.39. The van der Waals surface area contributed by atoms with Crippen LogP contribution in [0.1, 0.15) is 0 Å². The number of carbonyl (C=O) groups excluding carboxylic acids is 2. The molecular formula is C10H9BrN2O4S. The molecule has 8 heteroatoms. The molecule has 0 atom stereocenters. The Labute approximate surface area is 112 Å². The van der Waals surface area contributed by atoms with Crippen molar-refractivity contribution in [3.8, 4) is 0 Å². The van der Waals surface area contributed by atoms with Crippen LogP contribution in [0.5, 0.6) is 0 Å². The summed E-state index contributed by atoms with van der Waals surface area (Å²) in [5.41, 5.74) is 0. The van der Waals surface area contributed by atoms with Gasteiger partial charge in [-0.3, -0.25) is 14.9 Å². The summed E-state index contributed by atoms with van der Waals surface area (Å²) in [6.45, 7) is -0.693. The second-order valence-corrected chi connectivity index (χ2v) is 6.56. The first kappa shape index (κ1) is 13.2. The molecule has 0 radical (unpaired) electrons. The van der Waals surface area contributed by atoms with E-state index in [1.807, 2.05) is 0 Å². The van der Waals surface area contributed by atoms with E-state index in [9.17, 15) is 18.0 Å². The van der Waals surface area contributed by atoms with Gasteiger partial charge < -0.3 is 0 Å². The van der Waals surface area contributed by atoms with E-state index in [2.05, 4.69) is 21.2 Å². The zero-order valence-electron chi connectivity index (χ0n) is 9.09. The second-order valence-electron chi connectivity index (χ2n) is 3.70. The maximum atomic E-state index is 12.2. The fourth-order valence-electron chi connectivity index (χ4n) is 1.56. The van der Waals surface area contributed by atoms with Crippen molar-refractivity contribution < 1.29 is 18.0 Å². The number of sulfonamides is 1. The number of nitrogens with one attached hydrogen (secondary N) is 1. The van der Waals surface area contributed by atoms with Crippen LogP contribution in [0.2, 0.25) is 0 Å². The molecule has 0 bridgehead atoms. The molecule has 1 aromatic carbocycles. The van der Waals surface area contributed by atoms with Gasteiger partial charge in [0.15, 0.2) is 0 Å². The highest BCUT2D eigenvalue weighted by atomic mass is 79.9. The number of halogens is 1. The summed E-state index contributed by atoms with van der Waals surface area (Å²) in [5, 5.41) is 2.05. The number of nitrogens with zero attached hydrogens (tertiary/aromatic N) is 1. The van der Waals surface area contributed by atoms with Crippen LogP contribution in [-0.4, -0.2) is 37.6 Å². The highest BCUT2D eigenvalue weighted by molar-refractivity contribution is 9.10. The normalized spacial score (nSPS) is 17.6. The van der Waals surface area contributed by atoms with Crippen LogP contribution < -0.4 is 5.32 Å². The first-order valence-electron chi connectivity index (χ1n) is 4.98. The molecule has 0 aliphatic carbocycles. The number of hydrogen-bond donors (Lipinski definition) is 1. The molecule has 6 nitrogen and oxygen atoms in total. The lowest BCUT2D eigenvalue weighted by molar-refractivity contribution is -0.134. The van der Waals surface area contributed by atoms with Crippen LogP contribution in [0.4, 0.5) is 0 Å². The van der Waals surface area contributed by atoms with Gasteiger partial charge >= 0.3 is 0 Å². The summed E-state index contributed by atoms with van der Waals surface area (Å²) in [7, 11) is -3.83. The molecule has 0 aromatic heterocycles. The van der Waals surface area contributed by atoms with Crippen LogP contribution in [0.3, 0.4) is 0 Å². The number of imide groups is 1. The smallest absolute Gasteiger partial charge is 0.244 e. The molecule has 2 amide bonds. The summed E-state index contributed by atoms with van der Waals surface area (Å²) in [6, 6.07) is 6.10. The molecule has 0 spiro atoms. The van der Waals surface area contributed by atoms with Gasteiger partial charge in [0.1, 0.15) is 0 Å². The Morgan fingerprint density at radius 3 is 2.33 bits per heavy atom. The van der Waals surface area contributed by atoms with E-state index >= 15 is 0 Å². The predicted molar refractivity (Wildman–Crippen MR) is 66.1 cm³/mol. The summed E-state index contributed by atoms with van der Waals surface area (Å²) in [6.07, 6.45) is 0. The molecule has 1 heterocycles. The number of amides is 2. The minimum atomic E-state index is -3.83. The van der Waals surface area contributed by atoms with Gasteiger partial charge in [-0.1, -0.05) is 22.0 Å². The van der Waals surface area contributed by atoms with Crippen LogP contribution in [0.15, 0.2) is 33.6 Å². The fourth-order valence-corrected chi connectivity index (χ4v) is 3.51. The monoisotopic (exact) mass is 332 g/mol. The van der Waals surface area contributed by atoms with E-state index in [1.54, 1.807) is 12.1 Å². The lowest BCUT2D eigenvalue weighted by atomic mass is 10.4. The van der Waals surface area contributed by atoms with Crippen LogP contribution in [-0.2, 0) is 19.6 Å². The largest absolute Gasteiger partial charge is 0.294 e. The Hall–Kier alpha value is -1.25. The van der Waals surface area contributed by atoms with Crippen molar-refractivity contribution in [2.45, 2.75) is 4.90 Å². The zero-order chi connectivity index (χ0) is 13.3. The third kappa shape index (κ3) is 2.60. The molecule has 1 fully saturated rings. The quantitative estimate of drug-likeness (QED) is 0.778. The number of hydrogen-bond acceptors (Lipinski definition) is 4. The van der Waals surface area contributed by atoms with E-state index in [-0.39, 0.29) is 18.0 Å². The third-order valence-corrected chi connectivity index (χ3v) is 4.63. The Kier molecular flexibility index (Phi) is 3.51. The van der Waals surface area contributed by atoms with Crippen LogP contribution >= 0.6 is 15.9 Å². The topological polar surface area (TPSA) is 83.6 Å².